The standard InChI is InChI=1S/C11H10Cl2N4OS/c12-6-2-1-5(7(13)3-6)4-19-8-9(14)16-11(15)17-10(8)18/h1-3H,4H2,(H5,14,15,16,17,18). The first-order valence-corrected chi connectivity index (χ1v) is 6.93. The summed E-state index contributed by atoms with van der Waals surface area (Å²) in [5.41, 5.74) is 11.5. The van der Waals surface area contributed by atoms with E-state index in [1.165, 1.54) is 11.8 Å². The molecule has 0 spiro atoms. The number of hydrogen-bond acceptors (Lipinski definition) is 5. The lowest BCUT2D eigenvalue weighted by atomic mass is 10.2. The van der Waals surface area contributed by atoms with Crippen molar-refractivity contribution in [1.82, 2.24) is 9.97 Å². The fourth-order valence-electron chi connectivity index (χ4n) is 1.43. The predicted octanol–water partition coefficient (Wildman–Crippen LogP) is 2.53. The SMILES string of the molecule is Nc1nc(N)c(SCc2ccc(Cl)cc2Cl)c(=O)[nH]1. The number of nitrogens with one attached hydrogen (secondary N) is 1. The molecule has 1 aromatic heterocycles. The van der Waals surface area contributed by atoms with Crippen LogP contribution in [0.25, 0.3) is 0 Å². The van der Waals surface area contributed by atoms with Crippen LogP contribution in [-0.4, -0.2) is 9.97 Å². The summed E-state index contributed by atoms with van der Waals surface area (Å²) in [5.74, 6) is 0.585. The summed E-state index contributed by atoms with van der Waals surface area (Å²) in [4.78, 5) is 18.2. The summed E-state index contributed by atoms with van der Waals surface area (Å²) < 4.78 is 0. The van der Waals surface area contributed by atoms with Gasteiger partial charge in [0.1, 0.15) is 10.7 Å². The van der Waals surface area contributed by atoms with Crippen LogP contribution in [0.3, 0.4) is 0 Å². The number of nitrogens with zero attached hydrogens (tertiary/aromatic N) is 1. The lowest BCUT2D eigenvalue weighted by molar-refractivity contribution is 1.07. The molecule has 2 aromatic rings. The molecule has 1 aromatic carbocycles. The normalized spacial score (nSPS) is 10.6. The van der Waals surface area contributed by atoms with Crippen LogP contribution in [0.1, 0.15) is 5.56 Å². The molecule has 0 fully saturated rings. The van der Waals surface area contributed by atoms with Gasteiger partial charge in [0.05, 0.1) is 0 Å². The van der Waals surface area contributed by atoms with Gasteiger partial charge in [0.25, 0.3) is 5.56 Å². The molecule has 0 saturated carbocycles. The molecule has 19 heavy (non-hydrogen) atoms. The Labute approximate surface area is 123 Å². The van der Waals surface area contributed by atoms with E-state index in [9.17, 15) is 4.79 Å². The molecule has 1 heterocycles. The van der Waals surface area contributed by atoms with Gasteiger partial charge in [0.15, 0.2) is 0 Å². The maximum absolute atomic E-state index is 11.7. The molecule has 0 unspecified atom stereocenters. The van der Waals surface area contributed by atoms with Gasteiger partial charge in [-0.1, -0.05) is 29.3 Å². The Balaban J connectivity index is 2.21. The van der Waals surface area contributed by atoms with E-state index in [2.05, 4.69) is 9.97 Å². The van der Waals surface area contributed by atoms with Crippen molar-refractivity contribution in [3.8, 4) is 0 Å². The van der Waals surface area contributed by atoms with Crippen molar-refractivity contribution in [2.45, 2.75) is 10.6 Å². The van der Waals surface area contributed by atoms with E-state index < -0.39 is 0 Å². The molecule has 0 aliphatic heterocycles. The van der Waals surface area contributed by atoms with Crippen molar-refractivity contribution in [1.29, 1.82) is 0 Å². The summed E-state index contributed by atoms with van der Waals surface area (Å²) in [6.07, 6.45) is 0. The third kappa shape index (κ3) is 3.34. The second kappa shape index (κ2) is 5.73. The van der Waals surface area contributed by atoms with Crippen molar-refractivity contribution in [2.24, 2.45) is 0 Å². The third-order valence-electron chi connectivity index (χ3n) is 2.31. The Hall–Kier alpha value is -1.37. The molecule has 5 N–H and O–H groups in total. The van der Waals surface area contributed by atoms with Gasteiger partial charge in [-0.3, -0.25) is 9.78 Å². The van der Waals surface area contributed by atoms with Gasteiger partial charge in [0, 0.05) is 15.8 Å². The topological polar surface area (TPSA) is 97.8 Å². The van der Waals surface area contributed by atoms with E-state index in [0.717, 1.165) is 5.56 Å². The summed E-state index contributed by atoms with van der Waals surface area (Å²) in [7, 11) is 0. The van der Waals surface area contributed by atoms with E-state index in [4.69, 9.17) is 34.7 Å². The largest absolute Gasteiger partial charge is 0.382 e. The van der Waals surface area contributed by atoms with Gasteiger partial charge in [-0.2, -0.15) is 4.98 Å². The lowest BCUT2D eigenvalue weighted by Gasteiger charge is -2.06. The van der Waals surface area contributed by atoms with Crippen molar-refractivity contribution in [2.75, 3.05) is 11.5 Å². The number of rotatable bonds is 3. The second-order valence-corrected chi connectivity index (χ2v) is 5.52. The van der Waals surface area contributed by atoms with Gasteiger partial charge < -0.3 is 11.5 Å². The van der Waals surface area contributed by atoms with Crippen LogP contribution in [0.2, 0.25) is 10.0 Å². The summed E-state index contributed by atoms with van der Waals surface area (Å²) >= 11 is 13.1. The zero-order valence-corrected chi connectivity index (χ0v) is 11.9. The molecule has 100 valence electrons. The van der Waals surface area contributed by atoms with Crippen LogP contribution in [0, 0.1) is 0 Å². The molecule has 0 aliphatic carbocycles. The number of anilines is 2. The van der Waals surface area contributed by atoms with Gasteiger partial charge in [-0.15, -0.1) is 11.8 Å². The van der Waals surface area contributed by atoms with Crippen LogP contribution < -0.4 is 17.0 Å². The Bertz CT molecular complexity index is 674. The van der Waals surface area contributed by atoms with Gasteiger partial charge in [-0.25, -0.2) is 0 Å². The number of halogens is 2. The average Bonchev–Trinajstić information content (AvgIpc) is 2.30. The average molecular weight is 317 g/mol. The molecule has 8 heteroatoms. The predicted molar refractivity (Wildman–Crippen MR) is 79.7 cm³/mol. The number of aromatic nitrogens is 2. The first-order chi connectivity index (χ1) is 8.97. The number of nitrogens with two attached hydrogens (primary N) is 2. The molecular formula is C11H10Cl2N4OS. The molecular weight excluding hydrogens is 307 g/mol. The third-order valence-corrected chi connectivity index (χ3v) is 4.03. The highest BCUT2D eigenvalue weighted by molar-refractivity contribution is 7.98. The van der Waals surface area contributed by atoms with E-state index in [-0.39, 0.29) is 17.3 Å². The summed E-state index contributed by atoms with van der Waals surface area (Å²) in [6.45, 7) is 0. The molecule has 0 bridgehead atoms. The van der Waals surface area contributed by atoms with Crippen molar-refractivity contribution < 1.29 is 0 Å². The Morgan fingerprint density at radius 1 is 1.32 bits per heavy atom. The van der Waals surface area contributed by atoms with Crippen LogP contribution in [0.15, 0.2) is 27.9 Å². The van der Waals surface area contributed by atoms with Gasteiger partial charge >= 0.3 is 0 Å². The first-order valence-electron chi connectivity index (χ1n) is 5.19. The molecule has 0 radical (unpaired) electrons. The minimum absolute atomic E-state index is 0.00336. The van der Waals surface area contributed by atoms with Gasteiger partial charge in [-0.05, 0) is 17.7 Å². The van der Waals surface area contributed by atoms with Crippen LogP contribution in [-0.2, 0) is 5.75 Å². The number of aromatic amines is 1. The van der Waals surface area contributed by atoms with E-state index >= 15 is 0 Å². The van der Waals surface area contributed by atoms with Crippen LogP contribution in [0.4, 0.5) is 11.8 Å². The monoisotopic (exact) mass is 316 g/mol. The van der Waals surface area contributed by atoms with Crippen LogP contribution in [0.5, 0.6) is 0 Å². The molecule has 0 amide bonds. The quantitative estimate of drug-likeness (QED) is 0.756. The highest BCUT2D eigenvalue weighted by Crippen LogP contribution is 2.28. The maximum Gasteiger partial charge on any atom is 0.268 e. The number of hydrogen-bond donors (Lipinski definition) is 3. The van der Waals surface area contributed by atoms with Crippen molar-refractivity contribution in [3.05, 3.63) is 44.2 Å². The Kier molecular flexibility index (Phi) is 4.24. The maximum atomic E-state index is 11.7. The number of benzene rings is 1. The minimum atomic E-state index is -0.361. The fraction of sp³-hybridized carbons (Fsp3) is 0.0909. The Morgan fingerprint density at radius 3 is 2.68 bits per heavy atom. The van der Waals surface area contributed by atoms with Crippen molar-refractivity contribution in [3.63, 3.8) is 0 Å². The zero-order chi connectivity index (χ0) is 14.0. The fourth-order valence-corrected chi connectivity index (χ4v) is 2.91. The number of nitrogen functional groups attached to an aromatic ring is 2. The molecule has 5 nitrogen and oxygen atoms in total. The molecule has 0 aliphatic rings. The first kappa shape index (κ1) is 14.0. The smallest absolute Gasteiger partial charge is 0.268 e. The summed E-state index contributed by atoms with van der Waals surface area (Å²) in [5, 5.41) is 1.10. The number of thioether (sulfide) groups is 1. The molecule has 2 rings (SSSR count). The highest BCUT2D eigenvalue weighted by atomic mass is 35.5. The molecule has 0 atom stereocenters. The zero-order valence-electron chi connectivity index (χ0n) is 9.61. The van der Waals surface area contributed by atoms with Crippen LogP contribution >= 0.6 is 35.0 Å². The molecule has 0 saturated heterocycles. The van der Waals surface area contributed by atoms with E-state index in [1.807, 2.05) is 0 Å². The highest BCUT2D eigenvalue weighted by Gasteiger charge is 2.10. The minimum Gasteiger partial charge on any atom is -0.382 e. The lowest BCUT2D eigenvalue weighted by Crippen LogP contribution is -2.15. The van der Waals surface area contributed by atoms with E-state index in [0.29, 0.717) is 20.7 Å². The van der Waals surface area contributed by atoms with E-state index in [1.54, 1.807) is 18.2 Å². The number of H-pyrrole nitrogens is 1. The van der Waals surface area contributed by atoms with Gasteiger partial charge in [0.2, 0.25) is 5.95 Å². The summed E-state index contributed by atoms with van der Waals surface area (Å²) in [6, 6.07) is 5.18. The van der Waals surface area contributed by atoms with Crippen molar-refractivity contribution >= 4 is 46.7 Å². The Morgan fingerprint density at radius 2 is 2.05 bits per heavy atom. The second-order valence-electron chi connectivity index (χ2n) is 3.69.